The Bertz CT molecular complexity index is 227. The van der Waals surface area contributed by atoms with Gasteiger partial charge in [-0.15, -0.1) is 0 Å². The summed E-state index contributed by atoms with van der Waals surface area (Å²) in [5.74, 6) is 1.04. The molecule has 3 nitrogen and oxygen atoms in total. The van der Waals surface area contributed by atoms with Crippen LogP contribution in [0.4, 0.5) is 0 Å². The van der Waals surface area contributed by atoms with E-state index in [0.29, 0.717) is 18.5 Å². The zero-order valence-corrected chi connectivity index (χ0v) is 7.01. The summed E-state index contributed by atoms with van der Waals surface area (Å²) >= 11 is 0. The van der Waals surface area contributed by atoms with Crippen LogP contribution in [0, 0.1) is 6.92 Å². The molecule has 0 bridgehead atoms. The molecule has 62 valence electrons. The molecule has 0 atom stereocenters. The van der Waals surface area contributed by atoms with E-state index in [1.807, 2.05) is 19.9 Å². The standard InChI is InChI=1S/C8H12O3/c1-4-10-7-5-6(2)8(9-3)11-7/h5H,4H2,1-3H3. The van der Waals surface area contributed by atoms with Crippen molar-refractivity contribution in [3.8, 4) is 11.9 Å². The van der Waals surface area contributed by atoms with Gasteiger partial charge in [0.05, 0.1) is 13.7 Å². The van der Waals surface area contributed by atoms with Crippen molar-refractivity contribution in [2.24, 2.45) is 0 Å². The van der Waals surface area contributed by atoms with Gasteiger partial charge in [0.15, 0.2) is 0 Å². The lowest BCUT2D eigenvalue weighted by Gasteiger charge is -1.95. The monoisotopic (exact) mass is 156 g/mol. The quantitative estimate of drug-likeness (QED) is 0.670. The number of furan rings is 1. The van der Waals surface area contributed by atoms with E-state index >= 15 is 0 Å². The number of ether oxygens (including phenoxy) is 2. The molecule has 0 aliphatic heterocycles. The highest BCUT2D eigenvalue weighted by molar-refractivity contribution is 5.27. The normalized spacial score (nSPS) is 9.73. The molecular weight excluding hydrogens is 144 g/mol. The van der Waals surface area contributed by atoms with Crippen molar-refractivity contribution >= 4 is 0 Å². The second-order valence-electron chi connectivity index (χ2n) is 2.17. The Morgan fingerprint density at radius 3 is 2.73 bits per heavy atom. The Hall–Kier alpha value is -1.12. The van der Waals surface area contributed by atoms with E-state index in [1.165, 1.54) is 0 Å². The molecule has 0 radical (unpaired) electrons. The van der Waals surface area contributed by atoms with Crippen LogP contribution >= 0.6 is 0 Å². The molecule has 0 spiro atoms. The van der Waals surface area contributed by atoms with Gasteiger partial charge >= 0.3 is 0 Å². The lowest BCUT2D eigenvalue weighted by molar-refractivity contribution is 0.219. The van der Waals surface area contributed by atoms with E-state index in [4.69, 9.17) is 13.9 Å². The smallest absolute Gasteiger partial charge is 0.290 e. The van der Waals surface area contributed by atoms with Crippen molar-refractivity contribution < 1.29 is 13.9 Å². The fourth-order valence-corrected chi connectivity index (χ4v) is 0.853. The summed E-state index contributed by atoms with van der Waals surface area (Å²) < 4.78 is 15.2. The summed E-state index contributed by atoms with van der Waals surface area (Å²) in [6.07, 6.45) is 0. The molecule has 0 saturated heterocycles. The van der Waals surface area contributed by atoms with Crippen LogP contribution in [0.5, 0.6) is 11.9 Å². The zero-order valence-electron chi connectivity index (χ0n) is 7.01. The fourth-order valence-electron chi connectivity index (χ4n) is 0.853. The molecule has 1 rings (SSSR count). The first-order valence-corrected chi connectivity index (χ1v) is 3.55. The zero-order chi connectivity index (χ0) is 8.27. The Kier molecular flexibility index (Phi) is 2.41. The Balaban J connectivity index is 2.77. The SMILES string of the molecule is CCOc1cc(C)c(OC)o1. The van der Waals surface area contributed by atoms with E-state index in [0.717, 1.165) is 5.56 Å². The third-order valence-corrected chi connectivity index (χ3v) is 1.32. The first-order chi connectivity index (χ1) is 5.27. The fraction of sp³-hybridized carbons (Fsp3) is 0.500. The van der Waals surface area contributed by atoms with Crippen molar-refractivity contribution in [3.05, 3.63) is 11.6 Å². The summed E-state index contributed by atoms with van der Waals surface area (Å²) in [5, 5.41) is 0. The average molecular weight is 156 g/mol. The highest BCUT2D eigenvalue weighted by Crippen LogP contribution is 2.27. The molecule has 0 saturated carbocycles. The van der Waals surface area contributed by atoms with Gasteiger partial charge in [0.25, 0.3) is 11.9 Å². The van der Waals surface area contributed by atoms with Crippen molar-refractivity contribution in [3.63, 3.8) is 0 Å². The van der Waals surface area contributed by atoms with Gasteiger partial charge in [-0.05, 0) is 13.8 Å². The molecule has 0 N–H and O–H groups in total. The largest absolute Gasteiger partial charge is 0.468 e. The van der Waals surface area contributed by atoms with Crippen molar-refractivity contribution in [1.82, 2.24) is 0 Å². The maximum atomic E-state index is 5.16. The van der Waals surface area contributed by atoms with Crippen LogP contribution < -0.4 is 9.47 Å². The number of methoxy groups -OCH3 is 1. The van der Waals surface area contributed by atoms with Gasteiger partial charge in [0, 0.05) is 11.6 Å². The van der Waals surface area contributed by atoms with E-state index in [9.17, 15) is 0 Å². The number of aryl methyl sites for hydroxylation is 1. The Labute approximate surface area is 65.9 Å². The second kappa shape index (κ2) is 3.32. The highest BCUT2D eigenvalue weighted by atomic mass is 16.6. The van der Waals surface area contributed by atoms with E-state index < -0.39 is 0 Å². The maximum absolute atomic E-state index is 5.16. The van der Waals surface area contributed by atoms with Crippen LogP contribution in [0.3, 0.4) is 0 Å². The first-order valence-electron chi connectivity index (χ1n) is 3.55. The molecule has 0 unspecified atom stereocenters. The van der Waals surface area contributed by atoms with Gasteiger partial charge < -0.3 is 13.9 Å². The van der Waals surface area contributed by atoms with E-state index in [-0.39, 0.29) is 0 Å². The van der Waals surface area contributed by atoms with Crippen molar-refractivity contribution in [2.45, 2.75) is 13.8 Å². The van der Waals surface area contributed by atoms with E-state index in [2.05, 4.69) is 0 Å². The van der Waals surface area contributed by atoms with Crippen LogP contribution in [0.1, 0.15) is 12.5 Å². The molecule has 0 amide bonds. The Morgan fingerprint density at radius 2 is 2.27 bits per heavy atom. The first kappa shape index (κ1) is 7.98. The molecule has 0 aromatic carbocycles. The predicted molar refractivity (Wildman–Crippen MR) is 41.2 cm³/mol. The molecule has 0 fully saturated rings. The summed E-state index contributed by atoms with van der Waals surface area (Å²) in [5.41, 5.74) is 0.955. The number of rotatable bonds is 3. The average Bonchev–Trinajstić information content (AvgIpc) is 2.32. The van der Waals surface area contributed by atoms with Crippen molar-refractivity contribution in [1.29, 1.82) is 0 Å². The number of hydrogen-bond acceptors (Lipinski definition) is 3. The third kappa shape index (κ3) is 1.67. The molecule has 1 aromatic rings. The molecule has 0 aliphatic carbocycles. The molecule has 1 aromatic heterocycles. The highest BCUT2D eigenvalue weighted by Gasteiger charge is 2.06. The minimum atomic E-state index is 0.516. The topological polar surface area (TPSA) is 31.6 Å². The van der Waals surface area contributed by atoms with Crippen LogP contribution in [-0.2, 0) is 0 Å². The van der Waals surface area contributed by atoms with Crippen LogP contribution in [0.2, 0.25) is 0 Å². The summed E-state index contributed by atoms with van der Waals surface area (Å²) in [4.78, 5) is 0. The van der Waals surface area contributed by atoms with Gasteiger partial charge in [0.1, 0.15) is 0 Å². The minimum Gasteiger partial charge on any atom is -0.468 e. The second-order valence-corrected chi connectivity index (χ2v) is 2.17. The van der Waals surface area contributed by atoms with E-state index in [1.54, 1.807) is 7.11 Å². The Morgan fingerprint density at radius 1 is 1.55 bits per heavy atom. The van der Waals surface area contributed by atoms with Crippen LogP contribution in [0.25, 0.3) is 0 Å². The summed E-state index contributed by atoms with van der Waals surface area (Å²) in [6, 6.07) is 1.81. The lowest BCUT2D eigenvalue weighted by Crippen LogP contribution is -1.88. The third-order valence-electron chi connectivity index (χ3n) is 1.32. The molecule has 1 heterocycles. The van der Waals surface area contributed by atoms with Gasteiger partial charge in [-0.25, -0.2) is 0 Å². The summed E-state index contributed by atoms with van der Waals surface area (Å²) in [6.45, 7) is 4.42. The minimum absolute atomic E-state index is 0.516. The van der Waals surface area contributed by atoms with Crippen molar-refractivity contribution in [2.75, 3.05) is 13.7 Å². The van der Waals surface area contributed by atoms with Gasteiger partial charge in [-0.2, -0.15) is 0 Å². The lowest BCUT2D eigenvalue weighted by atomic mass is 10.4. The molecule has 0 aliphatic rings. The molecular formula is C8H12O3. The van der Waals surface area contributed by atoms with Gasteiger partial charge in [0.2, 0.25) is 0 Å². The van der Waals surface area contributed by atoms with Crippen LogP contribution in [0.15, 0.2) is 10.5 Å². The predicted octanol–water partition coefficient (Wildman–Crippen LogP) is 2.00. The van der Waals surface area contributed by atoms with Crippen LogP contribution in [-0.4, -0.2) is 13.7 Å². The number of hydrogen-bond donors (Lipinski definition) is 0. The maximum Gasteiger partial charge on any atom is 0.290 e. The van der Waals surface area contributed by atoms with Gasteiger partial charge in [-0.1, -0.05) is 0 Å². The molecule has 3 heteroatoms. The summed E-state index contributed by atoms with van der Waals surface area (Å²) in [7, 11) is 1.57. The van der Waals surface area contributed by atoms with Gasteiger partial charge in [-0.3, -0.25) is 0 Å². The molecule has 11 heavy (non-hydrogen) atoms.